The monoisotopic (exact) mass is 312 g/mol. The molecule has 1 aromatic heterocycles. The second-order valence-corrected chi connectivity index (χ2v) is 4.67. The van der Waals surface area contributed by atoms with Crippen molar-refractivity contribution in [2.75, 3.05) is 11.9 Å². The third kappa shape index (κ3) is 3.68. The van der Waals surface area contributed by atoms with Gasteiger partial charge in [0.1, 0.15) is 0 Å². The molecule has 0 aliphatic carbocycles. The molecule has 0 spiro atoms. The van der Waals surface area contributed by atoms with E-state index in [-0.39, 0.29) is 0 Å². The molecule has 2 aromatic rings. The third-order valence-corrected chi connectivity index (χ3v) is 2.98. The lowest BCUT2D eigenvalue weighted by Gasteiger charge is -2.19. The molecule has 0 bridgehead atoms. The summed E-state index contributed by atoms with van der Waals surface area (Å²) in [4.78, 5) is 11.8. The number of hydrogen-bond acceptors (Lipinski definition) is 5. The molecule has 0 fully saturated rings. The minimum absolute atomic E-state index is 0.462. The Labute approximate surface area is 124 Å². The number of rotatable bonds is 6. The summed E-state index contributed by atoms with van der Waals surface area (Å²) in [7, 11) is 3.52. The predicted octanol–water partition coefficient (Wildman–Crippen LogP) is 2.57. The summed E-state index contributed by atoms with van der Waals surface area (Å²) in [6.07, 6.45) is 3.50. The average molecular weight is 312 g/mol. The minimum Gasteiger partial charge on any atom is -0.427 e. The van der Waals surface area contributed by atoms with E-state index >= 15 is 0 Å². The molecule has 0 atom stereocenters. The van der Waals surface area contributed by atoms with E-state index < -0.39 is 23.0 Å². The fraction of sp³-hybridized carbons (Fsp3) is 0.308. The van der Waals surface area contributed by atoms with Crippen LogP contribution in [0.5, 0.6) is 5.75 Å². The molecule has 0 aliphatic rings. The summed E-state index contributed by atoms with van der Waals surface area (Å²) in [5.41, 5.74) is 0.934. The van der Waals surface area contributed by atoms with E-state index in [4.69, 9.17) is 0 Å². The zero-order valence-corrected chi connectivity index (χ0v) is 11.9. The third-order valence-electron chi connectivity index (χ3n) is 2.98. The number of aromatic nitrogens is 2. The van der Waals surface area contributed by atoms with E-state index in [1.807, 2.05) is 6.20 Å². The van der Waals surface area contributed by atoms with Crippen LogP contribution in [0.3, 0.4) is 0 Å². The highest BCUT2D eigenvalue weighted by molar-refractivity contribution is 5.59. The molecule has 0 unspecified atom stereocenters. The normalized spacial score (nSPS) is 10.8. The summed E-state index contributed by atoms with van der Waals surface area (Å²) >= 11 is 0. The predicted molar refractivity (Wildman–Crippen MR) is 75.0 cm³/mol. The van der Waals surface area contributed by atoms with E-state index in [0.29, 0.717) is 12.2 Å². The number of benzene rings is 1. The first-order valence-corrected chi connectivity index (χ1v) is 6.28. The number of halogens is 2. The Morgan fingerprint density at radius 2 is 2.23 bits per heavy atom. The molecule has 1 heterocycles. The number of ether oxygens (including phenoxy) is 1. The van der Waals surface area contributed by atoms with Crippen molar-refractivity contribution in [1.82, 2.24) is 9.78 Å². The van der Waals surface area contributed by atoms with Crippen molar-refractivity contribution in [1.29, 1.82) is 0 Å². The molecule has 0 saturated heterocycles. The molecule has 2 rings (SSSR count). The molecule has 9 heteroatoms. The Kier molecular flexibility index (Phi) is 4.54. The van der Waals surface area contributed by atoms with E-state index in [1.165, 1.54) is 12.1 Å². The first kappa shape index (κ1) is 15.7. The Morgan fingerprint density at radius 1 is 1.50 bits per heavy atom. The van der Waals surface area contributed by atoms with Crippen molar-refractivity contribution in [2.24, 2.45) is 7.05 Å². The fourth-order valence-corrected chi connectivity index (χ4v) is 2.00. The molecule has 7 nitrogen and oxygen atoms in total. The Balaban J connectivity index is 2.24. The zero-order chi connectivity index (χ0) is 16.3. The summed E-state index contributed by atoms with van der Waals surface area (Å²) in [6, 6.07) is 3.85. The van der Waals surface area contributed by atoms with Crippen molar-refractivity contribution in [3.63, 3.8) is 0 Å². The number of anilines is 1. The van der Waals surface area contributed by atoms with Gasteiger partial charge in [0.05, 0.1) is 11.1 Å². The highest BCUT2D eigenvalue weighted by atomic mass is 19.3. The average Bonchev–Trinajstić information content (AvgIpc) is 2.83. The molecular formula is C13H14F2N4O3. The topological polar surface area (TPSA) is 73.4 Å². The van der Waals surface area contributed by atoms with Crippen LogP contribution in [-0.2, 0) is 13.6 Å². The van der Waals surface area contributed by atoms with E-state index in [2.05, 4.69) is 9.84 Å². The molecule has 22 heavy (non-hydrogen) atoms. The molecule has 0 amide bonds. The largest absolute Gasteiger partial charge is 0.427 e. The summed E-state index contributed by atoms with van der Waals surface area (Å²) < 4.78 is 30.6. The number of hydrogen-bond donors (Lipinski definition) is 0. The maximum Gasteiger partial charge on any atom is 0.387 e. The van der Waals surface area contributed by atoms with Crippen LogP contribution in [0.2, 0.25) is 0 Å². The zero-order valence-electron chi connectivity index (χ0n) is 11.9. The van der Waals surface area contributed by atoms with Crippen LogP contribution in [-0.4, -0.2) is 28.4 Å². The lowest BCUT2D eigenvalue weighted by molar-refractivity contribution is -0.386. The Morgan fingerprint density at radius 3 is 2.77 bits per heavy atom. The molecule has 118 valence electrons. The van der Waals surface area contributed by atoms with Crippen LogP contribution < -0.4 is 9.64 Å². The van der Waals surface area contributed by atoms with Gasteiger partial charge in [-0.1, -0.05) is 0 Å². The minimum atomic E-state index is -3.13. The molecule has 0 saturated carbocycles. The first-order valence-electron chi connectivity index (χ1n) is 6.28. The number of nitro benzene ring substituents is 1. The van der Waals surface area contributed by atoms with Gasteiger partial charge >= 0.3 is 12.3 Å². The summed E-state index contributed by atoms with van der Waals surface area (Å²) in [5.74, 6) is -0.462. The lowest BCUT2D eigenvalue weighted by atomic mass is 10.2. The van der Waals surface area contributed by atoms with Crippen LogP contribution >= 0.6 is 0 Å². The molecule has 0 aliphatic heterocycles. The van der Waals surface area contributed by atoms with Gasteiger partial charge < -0.3 is 9.64 Å². The van der Waals surface area contributed by atoms with Crippen molar-refractivity contribution in [2.45, 2.75) is 13.2 Å². The Hall–Kier alpha value is -2.71. The van der Waals surface area contributed by atoms with Gasteiger partial charge in [0.25, 0.3) is 0 Å². The number of nitrogens with zero attached hydrogens (tertiary/aromatic N) is 4. The maximum atomic E-state index is 12.4. The van der Waals surface area contributed by atoms with E-state index in [1.54, 1.807) is 29.9 Å². The second kappa shape index (κ2) is 6.37. The van der Waals surface area contributed by atoms with Gasteiger partial charge in [0.15, 0.2) is 0 Å². The van der Waals surface area contributed by atoms with Crippen molar-refractivity contribution in [3.8, 4) is 5.75 Å². The van der Waals surface area contributed by atoms with Crippen molar-refractivity contribution >= 4 is 11.4 Å². The fourth-order valence-electron chi connectivity index (χ4n) is 2.00. The van der Waals surface area contributed by atoms with Gasteiger partial charge in [-0.2, -0.15) is 13.9 Å². The second-order valence-electron chi connectivity index (χ2n) is 4.67. The van der Waals surface area contributed by atoms with Gasteiger partial charge in [-0.05, 0) is 6.07 Å². The maximum absolute atomic E-state index is 12.4. The Bertz CT molecular complexity index is 675. The van der Waals surface area contributed by atoms with Gasteiger partial charge in [0, 0.05) is 50.2 Å². The molecule has 0 radical (unpaired) electrons. The summed E-state index contributed by atoms with van der Waals surface area (Å²) in [6.45, 7) is -2.66. The van der Waals surface area contributed by atoms with Crippen LogP contribution in [0.4, 0.5) is 20.2 Å². The number of aryl methyl sites for hydroxylation is 1. The van der Waals surface area contributed by atoms with Gasteiger partial charge in [0.2, 0.25) is 5.75 Å². The quantitative estimate of drug-likeness (QED) is 0.605. The highest BCUT2D eigenvalue weighted by Gasteiger charge is 2.20. The van der Waals surface area contributed by atoms with Gasteiger partial charge in [-0.3, -0.25) is 14.8 Å². The van der Waals surface area contributed by atoms with Crippen LogP contribution in [0.15, 0.2) is 30.6 Å². The molecule has 0 N–H and O–H groups in total. The first-order chi connectivity index (χ1) is 10.4. The smallest absolute Gasteiger partial charge is 0.387 e. The van der Waals surface area contributed by atoms with Crippen molar-refractivity contribution in [3.05, 3.63) is 46.3 Å². The van der Waals surface area contributed by atoms with E-state index in [0.717, 1.165) is 11.6 Å². The van der Waals surface area contributed by atoms with E-state index in [9.17, 15) is 18.9 Å². The van der Waals surface area contributed by atoms with Crippen LogP contribution in [0.1, 0.15) is 5.56 Å². The summed E-state index contributed by atoms with van der Waals surface area (Å²) in [5, 5.41) is 14.9. The lowest BCUT2D eigenvalue weighted by Crippen LogP contribution is -2.16. The van der Waals surface area contributed by atoms with Crippen LogP contribution in [0.25, 0.3) is 0 Å². The van der Waals surface area contributed by atoms with Crippen molar-refractivity contribution < 1.29 is 18.4 Å². The standard InChI is InChI=1S/C13H14F2N4O3/c1-17(7-9-6-16-18(2)8-9)10-3-4-11(19(20)21)12(5-10)22-13(14)15/h3-6,8,13H,7H2,1-2H3. The van der Waals surface area contributed by atoms with Gasteiger partial charge in [-0.25, -0.2) is 0 Å². The number of nitro groups is 1. The van der Waals surface area contributed by atoms with Crippen LogP contribution in [0, 0.1) is 10.1 Å². The van der Waals surface area contributed by atoms with Gasteiger partial charge in [-0.15, -0.1) is 0 Å². The molecule has 1 aromatic carbocycles. The SMILES string of the molecule is CN(Cc1cnn(C)c1)c1ccc([N+](=O)[O-])c(OC(F)F)c1. The highest BCUT2D eigenvalue weighted by Crippen LogP contribution is 2.32. The number of alkyl halides is 2. The molecular weight excluding hydrogens is 298 g/mol.